The zero-order chi connectivity index (χ0) is 14.0. The maximum atomic E-state index is 12.6. The Bertz CT molecular complexity index is 483. The summed E-state index contributed by atoms with van der Waals surface area (Å²) < 4.78 is 48.2. The van der Waals surface area contributed by atoms with Crippen LogP contribution in [0.5, 0.6) is 5.75 Å². The molecule has 5 nitrogen and oxygen atoms in total. The lowest BCUT2D eigenvalue weighted by molar-refractivity contribution is -0.385. The van der Waals surface area contributed by atoms with Gasteiger partial charge in [-0.1, -0.05) is 0 Å². The summed E-state index contributed by atoms with van der Waals surface area (Å²) in [5.41, 5.74) is -1.75. The van der Waals surface area contributed by atoms with Gasteiger partial charge in [-0.3, -0.25) is 10.1 Å². The number of hydrogen-bond donors (Lipinski definition) is 0. The summed E-state index contributed by atoms with van der Waals surface area (Å²) in [6, 6.07) is 2.22. The highest BCUT2D eigenvalue weighted by molar-refractivity contribution is 5.44. The average Bonchev–Trinajstić information content (AvgIpc) is 2.80. The first kappa shape index (κ1) is 13.6. The minimum atomic E-state index is -4.66. The first-order valence-electron chi connectivity index (χ1n) is 5.47. The van der Waals surface area contributed by atoms with Crippen LogP contribution in [-0.2, 0) is 10.9 Å². The molecule has 1 aliphatic rings. The highest BCUT2D eigenvalue weighted by atomic mass is 19.4. The molecule has 0 spiro atoms. The van der Waals surface area contributed by atoms with Crippen molar-refractivity contribution < 1.29 is 27.6 Å². The normalized spacial score (nSPS) is 19.4. The molecule has 0 aromatic heterocycles. The smallest absolute Gasteiger partial charge is 0.416 e. The predicted octanol–water partition coefficient (Wildman–Crippen LogP) is 2.78. The van der Waals surface area contributed by atoms with Crippen LogP contribution < -0.4 is 4.74 Å². The molecule has 1 aliphatic heterocycles. The summed E-state index contributed by atoms with van der Waals surface area (Å²) >= 11 is 0. The molecule has 1 fully saturated rings. The fourth-order valence-corrected chi connectivity index (χ4v) is 1.72. The van der Waals surface area contributed by atoms with E-state index in [2.05, 4.69) is 0 Å². The molecule has 1 aromatic carbocycles. The molecule has 0 saturated carbocycles. The van der Waals surface area contributed by atoms with Gasteiger partial charge in [0.15, 0.2) is 0 Å². The van der Waals surface area contributed by atoms with E-state index in [1.165, 1.54) is 0 Å². The van der Waals surface area contributed by atoms with Crippen LogP contribution in [-0.4, -0.2) is 24.2 Å². The Balaban J connectivity index is 2.31. The second kappa shape index (κ2) is 5.04. The number of halogens is 3. The number of benzene rings is 1. The van der Waals surface area contributed by atoms with Gasteiger partial charge in [-0.05, 0) is 6.07 Å². The molecule has 1 atom stereocenters. The van der Waals surface area contributed by atoms with Gasteiger partial charge in [-0.25, -0.2) is 0 Å². The fraction of sp³-hybridized carbons (Fsp3) is 0.455. The number of non-ortho nitro benzene ring substituents is 1. The van der Waals surface area contributed by atoms with Gasteiger partial charge in [-0.2, -0.15) is 13.2 Å². The maximum Gasteiger partial charge on any atom is 0.416 e. The largest absolute Gasteiger partial charge is 0.488 e. The van der Waals surface area contributed by atoms with Crippen LogP contribution in [0.2, 0.25) is 0 Å². The molecule has 1 saturated heterocycles. The number of nitro benzene ring substituents is 1. The summed E-state index contributed by atoms with van der Waals surface area (Å²) in [6.07, 6.45) is -4.48. The third-order valence-corrected chi connectivity index (χ3v) is 2.62. The van der Waals surface area contributed by atoms with Crippen molar-refractivity contribution in [2.75, 3.05) is 13.2 Å². The van der Waals surface area contributed by atoms with E-state index in [9.17, 15) is 23.3 Å². The van der Waals surface area contributed by atoms with Crippen molar-refractivity contribution in [1.29, 1.82) is 0 Å². The molecule has 0 bridgehead atoms. The first-order valence-corrected chi connectivity index (χ1v) is 5.47. The Kier molecular flexibility index (Phi) is 3.61. The van der Waals surface area contributed by atoms with Gasteiger partial charge in [0.2, 0.25) is 0 Å². The van der Waals surface area contributed by atoms with E-state index in [1.807, 2.05) is 0 Å². The Morgan fingerprint density at radius 3 is 2.63 bits per heavy atom. The van der Waals surface area contributed by atoms with Gasteiger partial charge >= 0.3 is 6.18 Å². The minimum Gasteiger partial charge on any atom is -0.488 e. The van der Waals surface area contributed by atoms with Crippen LogP contribution in [0.1, 0.15) is 12.0 Å². The van der Waals surface area contributed by atoms with Gasteiger partial charge in [0.25, 0.3) is 5.69 Å². The summed E-state index contributed by atoms with van der Waals surface area (Å²) in [5.74, 6) is -0.169. The van der Waals surface area contributed by atoms with Crippen molar-refractivity contribution in [1.82, 2.24) is 0 Å². The standard InChI is InChI=1S/C11H10F3NO4/c12-11(13,14)7-3-8(15(16)17)5-10(4-7)19-9-1-2-18-6-9/h3-5,9H,1-2,6H2. The van der Waals surface area contributed by atoms with E-state index < -0.39 is 22.4 Å². The van der Waals surface area contributed by atoms with Crippen molar-refractivity contribution in [3.05, 3.63) is 33.9 Å². The third-order valence-electron chi connectivity index (χ3n) is 2.62. The Labute approximate surface area is 106 Å². The van der Waals surface area contributed by atoms with Crippen LogP contribution >= 0.6 is 0 Å². The lowest BCUT2D eigenvalue weighted by atomic mass is 10.2. The second-order valence-electron chi connectivity index (χ2n) is 4.07. The van der Waals surface area contributed by atoms with Crippen LogP contribution in [0.4, 0.5) is 18.9 Å². The van der Waals surface area contributed by atoms with Crippen molar-refractivity contribution in [3.8, 4) is 5.75 Å². The van der Waals surface area contributed by atoms with Crippen LogP contribution in [0, 0.1) is 10.1 Å². The predicted molar refractivity (Wildman–Crippen MR) is 58.0 cm³/mol. The molecule has 19 heavy (non-hydrogen) atoms. The summed E-state index contributed by atoms with van der Waals surface area (Å²) in [5, 5.41) is 10.6. The third kappa shape index (κ3) is 3.34. The highest BCUT2D eigenvalue weighted by Crippen LogP contribution is 2.35. The number of alkyl halides is 3. The van der Waals surface area contributed by atoms with E-state index in [0.717, 1.165) is 12.1 Å². The Morgan fingerprint density at radius 1 is 1.37 bits per heavy atom. The molecule has 0 amide bonds. The van der Waals surface area contributed by atoms with Crippen molar-refractivity contribution in [3.63, 3.8) is 0 Å². The van der Waals surface area contributed by atoms with Gasteiger partial charge < -0.3 is 9.47 Å². The number of hydrogen-bond acceptors (Lipinski definition) is 4. The molecular weight excluding hydrogens is 267 g/mol. The zero-order valence-corrected chi connectivity index (χ0v) is 9.64. The summed E-state index contributed by atoms with van der Waals surface area (Å²) in [7, 11) is 0. The monoisotopic (exact) mass is 277 g/mol. The van der Waals surface area contributed by atoms with Gasteiger partial charge in [0, 0.05) is 12.5 Å². The fourth-order valence-electron chi connectivity index (χ4n) is 1.72. The van der Waals surface area contributed by atoms with Gasteiger partial charge in [-0.15, -0.1) is 0 Å². The van der Waals surface area contributed by atoms with E-state index in [0.29, 0.717) is 19.1 Å². The molecule has 104 valence electrons. The van der Waals surface area contributed by atoms with Gasteiger partial charge in [0.05, 0.1) is 29.8 Å². The zero-order valence-electron chi connectivity index (χ0n) is 9.64. The maximum absolute atomic E-state index is 12.6. The molecule has 0 N–H and O–H groups in total. The van der Waals surface area contributed by atoms with Crippen LogP contribution in [0.15, 0.2) is 18.2 Å². The lowest BCUT2D eigenvalue weighted by Crippen LogP contribution is -2.16. The van der Waals surface area contributed by atoms with Gasteiger partial charge in [0.1, 0.15) is 11.9 Å². The highest BCUT2D eigenvalue weighted by Gasteiger charge is 2.33. The topological polar surface area (TPSA) is 61.6 Å². The first-order chi connectivity index (χ1) is 8.86. The molecule has 2 rings (SSSR count). The minimum absolute atomic E-state index is 0.169. The van der Waals surface area contributed by atoms with Crippen molar-refractivity contribution in [2.24, 2.45) is 0 Å². The second-order valence-corrected chi connectivity index (χ2v) is 4.07. The van der Waals surface area contributed by atoms with E-state index in [1.54, 1.807) is 0 Å². The molecule has 1 heterocycles. The molecule has 0 aliphatic carbocycles. The average molecular weight is 277 g/mol. The number of ether oxygens (including phenoxy) is 2. The van der Waals surface area contributed by atoms with E-state index in [4.69, 9.17) is 9.47 Å². The van der Waals surface area contributed by atoms with E-state index >= 15 is 0 Å². The Morgan fingerprint density at radius 2 is 2.11 bits per heavy atom. The SMILES string of the molecule is O=[N+]([O-])c1cc(OC2CCOC2)cc(C(F)(F)F)c1. The molecule has 8 heteroatoms. The molecule has 1 aromatic rings. The number of nitrogens with zero attached hydrogens (tertiary/aromatic N) is 1. The van der Waals surface area contributed by atoms with Crippen LogP contribution in [0.25, 0.3) is 0 Å². The summed E-state index contributed by atoms with van der Waals surface area (Å²) in [6.45, 7) is 0.732. The quantitative estimate of drug-likeness (QED) is 0.629. The number of nitro groups is 1. The van der Waals surface area contributed by atoms with Crippen LogP contribution in [0.3, 0.4) is 0 Å². The molecule has 0 radical (unpaired) electrons. The number of rotatable bonds is 3. The summed E-state index contributed by atoms with van der Waals surface area (Å²) in [4.78, 5) is 9.75. The molecular formula is C11H10F3NO4. The molecule has 1 unspecified atom stereocenters. The van der Waals surface area contributed by atoms with Crippen molar-refractivity contribution >= 4 is 5.69 Å². The lowest BCUT2D eigenvalue weighted by Gasteiger charge is -2.14. The Hall–Kier alpha value is -1.83. The van der Waals surface area contributed by atoms with E-state index in [-0.39, 0.29) is 18.5 Å². The van der Waals surface area contributed by atoms with Crippen molar-refractivity contribution in [2.45, 2.75) is 18.7 Å².